The van der Waals surface area contributed by atoms with Gasteiger partial charge in [-0.05, 0) is 36.4 Å². The molecule has 6 heteroatoms. The third kappa shape index (κ3) is 4.30. The number of carbonyl (C=O) groups is 2. The van der Waals surface area contributed by atoms with Gasteiger partial charge in [-0.3, -0.25) is 4.79 Å². The summed E-state index contributed by atoms with van der Waals surface area (Å²) < 4.78 is 5.74. The van der Waals surface area contributed by atoms with Crippen LogP contribution in [0.15, 0.2) is 46.9 Å². The third-order valence-corrected chi connectivity index (χ3v) is 3.87. The van der Waals surface area contributed by atoms with Gasteiger partial charge in [0.05, 0.1) is 15.6 Å². The summed E-state index contributed by atoms with van der Waals surface area (Å²) in [4.78, 5) is 23.7. The number of benzene rings is 2. The molecule has 0 aromatic heterocycles. The number of esters is 1. The number of hydrogen-bond acceptors (Lipinski definition) is 3. The largest absolute Gasteiger partial charge is 0.454 e. The topological polar surface area (TPSA) is 43.4 Å². The highest BCUT2D eigenvalue weighted by Crippen LogP contribution is 2.22. The molecule has 3 nitrogen and oxygen atoms in total. The lowest BCUT2D eigenvalue weighted by atomic mass is 10.1. The van der Waals surface area contributed by atoms with Crippen LogP contribution in [0, 0.1) is 0 Å². The summed E-state index contributed by atoms with van der Waals surface area (Å²) in [5.41, 5.74) is 0.706. The summed E-state index contributed by atoms with van der Waals surface area (Å²) in [7, 11) is 0. The molecule has 0 N–H and O–H groups in total. The molecule has 0 saturated carbocycles. The Hall–Kier alpha value is -1.36. The number of halogens is 3. The van der Waals surface area contributed by atoms with Crippen molar-refractivity contribution in [1.82, 2.24) is 0 Å². The second kappa shape index (κ2) is 7.07. The smallest absolute Gasteiger partial charge is 0.338 e. The van der Waals surface area contributed by atoms with Crippen molar-refractivity contribution in [3.05, 3.63) is 68.1 Å². The number of carbonyl (C=O) groups excluding carboxylic acids is 2. The van der Waals surface area contributed by atoms with Crippen molar-refractivity contribution < 1.29 is 14.3 Å². The number of ether oxygens (including phenoxy) is 1. The number of hydrogen-bond donors (Lipinski definition) is 0. The fourth-order valence-electron chi connectivity index (χ4n) is 1.58. The number of Topliss-reactive ketones (excluding diaryl/α,β-unsaturated/α-hetero) is 1. The Bertz CT molecular complexity index is 701. The molecule has 2 rings (SSSR count). The van der Waals surface area contributed by atoms with Crippen molar-refractivity contribution in [3.8, 4) is 0 Å². The van der Waals surface area contributed by atoms with Crippen molar-refractivity contribution in [2.45, 2.75) is 0 Å². The van der Waals surface area contributed by atoms with Crippen molar-refractivity contribution >= 4 is 50.9 Å². The fourth-order valence-corrected chi connectivity index (χ4v) is 2.28. The highest BCUT2D eigenvalue weighted by Gasteiger charge is 2.13. The van der Waals surface area contributed by atoms with Crippen LogP contribution in [0.3, 0.4) is 0 Å². The second-order valence-corrected chi connectivity index (χ2v) is 5.87. The average Bonchev–Trinajstić information content (AvgIpc) is 2.47. The van der Waals surface area contributed by atoms with Gasteiger partial charge in [-0.2, -0.15) is 0 Å². The molecule has 0 atom stereocenters. The Kier molecular flexibility index (Phi) is 5.39. The monoisotopic (exact) mass is 386 g/mol. The van der Waals surface area contributed by atoms with Crippen LogP contribution in [-0.2, 0) is 4.74 Å². The minimum Gasteiger partial charge on any atom is -0.454 e. The molecular weight excluding hydrogens is 379 g/mol. The Morgan fingerprint density at radius 2 is 1.76 bits per heavy atom. The van der Waals surface area contributed by atoms with Crippen LogP contribution in [0.4, 0.5) is 0 Å². The van der Waals surface area contributed by atoms with Crippen molar-refractivity contribution in [3.63, 3.8) is 0 Å². The quantitative estimate of drug-likeness (QED) is 0.559. The van der Waals surface area contributed by atoms with E-state index in [2.05, 4.69) is 15.9 Å². The maximum Gasteiger partial charge on any atom is 0.338 e. The molecule has 0 aliphatic heterocycles. The zero-order chi connectivity index (χ0) is 15.4. The minimum atomic E-state index is -0.565. The zero-order valence-electron chi connectivity index (χ0n) is 10.6. The van der Waals surface area contributed by atoms with E-state index < -0.39 is 5.97 Å². The van der Waals surface area contributed by atoms with Gasteiger partial charge in [0.2, 0.25) is 0 Å². The molecule has 0 aliphatic rings. The van der Waals surface area contributed by atoms with Gasteiger partial charge in [0.25, 0.3) is 0 Å². The molecule has 0 unspecified atom stereocenters. The highest BCUT2D eigenvalue weighted by molar-refractivity contribution is 9.10. The summed E-state index contributed by atoms with van der Waals surface area (Å²) in [6.45, 7) is -0.358. The Morgan fingerprint density at radius 3 is 2.43 bits per heavy atom. The maximum absolute atomic E-state index is 11.9. The van der Waals surface area contributed by atoms with E-state index in [0.717, 1.165) is 4.47 Å². The Balaban J connectivity index is 2.00. The Morgan fingerprint density at radius 1 is 1.00 bits per heavy atom. The van der Waals surface area contributed by atoms with Crippen LogP contribution in [0.5, 0.6) is 0 Å². The van der Waals surface area contributed by atoms with Gasteiger partial charge in [0, 0.05) is 10.0 Å². The van der Waals surface area contributed by atoms with Crippen molar-refractivity contribution in [2.24, 2.45) is 0 Å². The molecule has 0 spiro atoms. The lowest BCUT2D eigenvalue weighted by molar-refractivity contribution is 0.0474. The zero-order valence-corrected chi connectivity index (χ0v) is 13.7. The molecule has 2 aromatic carbocycles. The molecule has 0 amide bonds. The number of rotatable bonds is 4. The molecule has 0 fully saturated rings. The minimum absolute atomic E-state index is 0.279. The van der Waals surface area contributed by atoms with Crippen molar-refractivity contribution in [1.29, 1.82) is 0 Å². The van der Waals surface area contributed by atoms with Crippen LogP contribution in [-0.4, -0.2) is 18.4 Å². The average molecular weight is 388 g/mol. The SMILES string of the molecule is O=C(COC(=O)c1cccc(Br)c1)c1ccc(Cl)c(Cl)c1. The van der Waals surface area contributed by atoms with E-state index in [-0.39, 0.29) is 17.4 Å². The first-order valence-corrected chi connectivity index (χ1v) is 7.43. The molecule has 0 saturated heterocycles. The normalized spacial score (nSPS) is 10.2. The summed E-state index contributed by atoms with van der Waals surface area (Å²) in [5, 5.41) is 0.639. The van der Waals surface area contributed by atoms with E-state index in [4.69, 9.17) is 27.9 Å². The van der Waals surface area contributed by atoms with Gasteiger partial charge in [-0.1, -0.05) is 45.2 Å². The van der Waals surface area contributed by atoms with Gasteiger partial charge in [-0.25, -0.2) is 4.79 Å². The van der Waals surface area contributed by atoms with E-state index >= 15 is 0 Å². The number of ketones is 1. The Labute approximate surface area is 139 Å². The predicted molar refractivity (Wildman–Crippen MR) is 85.2 cm³/mol. The first-order valence-electron chi connectivity index (χ1n) is 5.88. The molecule has 21 heavy (non-hydrogen) atoms. The van der Waals surface area contributed by atoms with Crippen LogP contribution >= 0.6 is 39.1 Å². The second-order valence-electron chi connectivity index (χ2n) is 4.14. The van der Waals surface area contributed by atoms with Crippen LogP contribution in [0.25, 0.3) is 0 Å². The van der Waals surface area contributed by atoms with Gasteiger partial charge in [-0.15, -0.1) is 0 Å². The van der Waals surface area contributed by atoms with Crippen molar-refractivity contribution in [2.75, 3.05) is 6.61 Å². The van der Waals surface area contributed by atoms with Gasteiger partial charge in [0.1, 0.15) is 0 Å². The molecule has 0 heterocycles. The third-order valence-electron chi connectivity index (χ3n) is 2.64. The molecular formula is C15H9BrCl2O3. The first kappa shape index (κ1) is 16.0. The fraction of sp³-hybridized carbons (Fsp3) is 0.0667. The van der Waals surface area contributed by atoms with E-state index in [1.54, 1.807) is 24.3 Å². The molecule has 108 valence electrons. The molecule has 2 aromatic rings. The predicted octanol–water partition coefficient (Wildman–Crippen LogP) is 4.80. The van der Waals surface area contributed by atoms with E-state index in [1.165, 1.54) is 18.2 Å². The lowest BCUT2D eigenvalue weighted by Gasteiger charge is -2.05. The highest BCUT2D eigenvalue weighted by atomic mass is 79.9. The summed E-state index contributed by atoms with van der Waals surface area (Å²) in [6.07, 6.45) is 0. The molecule has 0 bridgehead atoms. The lowest BCUT2D eigenvalue weighted by Crippen LogP contribution is -2.14. The molecule has 0 aliphatic carbocycles. The van der Waals surface area contributed by atoms with E-state index in [9.17, 15) is 9.59 Å². The standard InChI is InChI=1S/C15H9BrCl2O3/c16-11-3-1-2-10(6-11)15(20)21-8-14(19)9-4-5-12(17)13(18)7-9/h1-7H,8H2. The molecule has 0 radical (unpaired) electrons. The summed E-state index contributed by atoms with van der Waals surface area (Å²) >= 11 is 14.9. The van der Waals surface area contributed by atoms with Crippen LogP contribution in [0.2, 0.25) is 10.0 Å². The summed E-state index contributed by atoms with van der Waals surface area (Å²) in [6, 6.07) is 11.2. The van der Waals surface area contributed by atoms with Crippen LogP contribution < -0.4 is 0 Å². The van der Waals surface area contributed by atoms with E-state index in [1.807, 2.05) is 0 Å². The maximum atomic E-state index is 11.9. The van der Waals surface area contributed by atoms with Gasteiger partial charge >= 0.3 is 5.97 Å². The summed E-state index contributed by atoms with van der Waals surface area (Å²) in [5.74, 6) is -0.915. The first-order chi connectivity index (χ1) is 9.97. The van der Waals surface area contributed by atoms with Gasteiger partial charge in [0.15, 0.2) is 12.4 Å². The van der Waals surface area contributed by atoms with E-state index in [0.29, 0.717) is 16.1 Å². The van der Waals surface area contributed by atoms with Gasteiger partial charge < -0.3 is 4.74 Å². The van der Waals surface area contributed by atoms with Crippen LogP contribution in [0.1, 0.15) is 20.7 Å².